The third kappa shape index (κ3) is 2.63. The fraction of sp³-hybridized carbons (Fsp3) is 0.188. The van der Waals surface area contributed by atoms with Crippen LogP contribution >= 0.6 is 11.6 Å². The molecule has 1 heterocycles. The van der Waals surface area contributed by atoms with E-state index in [9.17, 15) is 8.78 Å². The van der Waals surface area contributed by atoms with Gasteiger partial charge in [0.2, 0.25) is 0 Å². The van der Waals surface area contributed by atoms with E-state index in [-0.39, 0.29) is 17.0 Å². The molecule has 21 heavy (non-hydrogen) atoms. The Hall–Kier alpha value is -1.94. The molecule has 0 amide bonds. The highest BCUT2D eigenvalue weighted by molar-refractivity contribution is 6.20. The van der Waals surface area contributed by atoms with Crippen LogP contribution in [0.5, 0.6) is 0 Å². The molecule has 108 valence electrons. The minimum absolute atomic E-state index is 0.283. The molecule has 1 unspecified atom stereocenters. The second-order valence-electron chi connectivity index (χ2n) is 4.90. The van der Waals surface area contributed by atoms with Gasteiger partial charge in [-0.3, -0.25) is 0 Å². The summed E-state index contributed by atoms with van der Waals surface area (Å²) in [7, 11) is 0. The lowest BCUT2D eigenvalue weighted by atomic mass is 10.2. The van der Waals surface area contributed by atoms with Crippen molar-refractivity contribution in [2.45, 2.75) is 18.8 Å². The summed E-state index contributed by atoms with van der Waals surface area (Å²) in [6.07, 6.45) is 0. The first-order chi connectivity index (χ1) is 10.1. The average molecular weight is 307 g/mol. The SMILES string of the molecule is CC(Cl)c1nc2cc(F)ccc2n1Cc1ccccc1F. The largest absolute Gasteiger partial charge is 0.322 e. The van der Waals surface area contributed by atoms with E-state index in [1.54, 1.807) is 31.2 Å². The molecule has 3 aromatic rings. The summed E-state index contributed by atoms with van der Waals surface area (Å²) in [5.41, 5.74) is 1.80. The number of halogens is 3. The molecule has 0 fully saturated rings. The number of imidazole rings is 1. The lowest BCUT2D eigenvalue weighted by Gasteiger charge is -2.11. The number of nitrogens with zero attached hydrogens (tertiary/aromatic N) is 2. The summed E-state index contributed by atoms with van der Waals surface area (Å²) in [5.74, 6) is -0.0398. The molecule has 0 aliphatic rings. The van der Waals surface area contributed by atoms with Crippen molar-refractivity contribution in [3.8, 4) is 0 Å². The monoisotopic (exact) mass is 306 g/mol. The summed E-state index contributed by atoms with van der Waals surface area (Å²) in [6, 6.07) is 10.9. The van der Waals surface area contributed by atoms with Gasteiger partial charge in [0, 0.05) is 11.6 Å². The summed E-state index contributed by atoms with van der Waals surface area (Å²) in [5, 5.41) is -0.354. The van der Waals surface area contributed by atoms with Crippen molar-refractivity contribution in [2.24, 2.45) is 0 Å². The molecule has 5 heteroatoms. The molecule has 0 saturated carbocycles. The van der Waals surface area contributed by atoms with Gasteiger partial charge in [-0.05, 0) is 25.1 Å². The molecule has 0 aliphatic carbocycles. The Kier molecular flexibility index (Phi) is 3.64. The summed E-state index contributed by atoms with van der Waals surface area (Å²) >= 11 is 6.15. The number of rotatable bonds is 3. The Labute approximate surface area is 126 Å². The highest BCUT2D eigenvalue weighted by Crippen LogP contribution is 2.26. The third-order valence-corrected chi connectivity index (χ3v) is 3.58. The molecule has 0 saturated heterocycles. The van der Waals surface area contributed by atoms with E-state index in [4.69, 9.17) is 11.6 Å². The molecule has 1 atom stereocenters. The number of benzene rings is 2. The van der Waals surface area contributed by atoms with E-state index in [2.05, 4.69) is 4.98 Å². The zero-order valence-corrected chi connectivity index (χ0v) is 12.1. The van der Waals surface area contributed by atoms with Gasteiger partial charge in [0.25, 0.3) is 0 Å². The first-order valence-corrected chi connectivity index (χ1v) is 7.03. The van der Waals surface area contributed by atoms with Gasteiger partial charge in [-0.2, -0.15) is 0 Å². The Balaban J connectivity index is 2.16. The van der Waals surface area contributed by atoms with Crippen LogP contribution in [0, 0.1) is 11.6 Å². The van der Waals surface area contributed by atoms with Crippen LogP contribution in [0.3, 0.4) is 0 Å². The minimum Gasteiger partial charge on any atom is -0.322 e. The molecule has 3 rings (SSSR count). The van der Waals surface area contributed by atoms with Crippen LogP contribution in [-0.2, 0) is 6.54 Å². The second-order valence-corrected chi connectivity index (χ2v) is 5.55. The van der Waals surface area contributed by atoms with Crippen LogP contribution in [0.1, 0.15) is 23.7 Å². The van der Waals surface area contributed by atoms with Crippen molar-refractivity contribution >= 4 is 22.6 Å². The summed E-state index contributed by atoms with van der Waals surface area (Å²) < 4.78 is 29.0. The summed E-state index contributed by atoms with van der Waals surface area (Å²) in [6.45, 7) is 2.10. The highest BCUT2D eigenvalue weighted by atomic mass is 35.5. The molecule has 1 aromatic heterocycles. The number of alkyl halides is 1. The van der Waals surface area contributed by atoms with E-state index < -0.39 is 0 Å². The lowest BCUT2D eigenvalue weighted by molar-refractivity contribution is 0.597. The van der Waals surface area contributed by atoms with Gasteiger partial charge >= 0.3 is 0 Å². The maximum Gasteiger partial charge on any atom is 0.128 e. The van der Waals surface area contributed by atoms with E-state index in [0.29, 0.717) is 23.4 Å². The fourth-order valence-electron chi connectivity index (χ4n) is 2.39. The Morgan fingerprint density at radius 1 is 1.19 bits per heavy atom. The molecule has 2 aromatic carbocycles. The van der Waals surface area contributed by atoms with Crippen molar-refractivity contribution in [1.29, 1.82) is 0 Å². The predicted octanol–water partition coefficient (Wildman–Crippen LogP) is 4.66. The van der Waals surface area contributed by atoms with Crippen molar-refractivity contribution < 1.29 is 8.78 Å². The number of hydrogen-bond acceptors (Lipinski definition) is 1. The van der Waals surface area contributed by atoms with Crippen molar-refractivity contribution in [3.05, 3.63) is 65.5 Å². The van der Waals surface area contributed by atoms with Gasteiger partial charge in [0.1, 0.15) is 17.5 Å². The van der Waals surface area contributed by atoms with E-state index in [1.165, 1.54) is 18.2 Å². The van der Waals surface area contributed by atoms with Crippen LogP contribution in [0.4, 0.5) is 8.78 Å². The van der Waals surface area contributed by atoms with Gasteiger partial charge in [0.15, 0.2) is 0 Å². The highest BCUT2D eigenvalue weighted by Gasteiger charge is 2.16. The third-order valence-electron chi connectivity index (χ3n) is 3.38. The van der Waals surface area contributed by atoms with Crippen LogP contribution in [0.25, 0.3) is 11.0 Å². The lowest BCUT2D eigenvalue weighted by Crippen LogP contribution is -2.07. The van der Waals surface area contributed by atoms with Gasteiger partial charge in [-0.15, -0.1) is 11.6 Å². The Morgan fingerprint density at radius 3 is 2.67 bits per heavy atom. The molecular formula is C16H13ClF2N2. The topological polar surface area (TPSA) is 17.8 Å². The first-order valence-electron chi connectivity index (χ1n) is 6.59. The van der Waals surface area contributed by atoms with E-state index in [0.717, 1.165) is 5.52 Å². The number of hydrogen-bond donors (Lipinski definition) is 0. The fourth-order valence-corrected chi connectivity index (χ4v) is 2.55. The average Bonchev–Trinajstić information content (AvgIpc) is 2.79. The zero-order chi connectivity index (χ0) is 15.0. The molecule has 0 radical (unpaired) electrons. The Morgan fingerprint density at radius 2 is 1.95 bits per heavy atom. The van der Waals surface area contributed by atoms with Crippen LogP contribution < -0.4 is 0 Å². The van der Waals surface area contributed by atoms with Crippen LogP contribution in [-0.4, -0.2) is 9.55 Å². The molecule has 0 bridgehead atoms. The molecule has 2 nitrogen and oxygen atoms in total. The molecule has 0 spiro atoms. The van der Waals surface area contributed by atoms with Crippen molar-refractivity contribution in [2.75, 3.05) is 0 Å². The number of fused-ring (bicyclic) bond motifs is 1. The normalized spacial score (nSPS) is 12.8. The second kappa shape index (κ2) is 5.45. The molecular weight excluding hydrogens is 294 g/mol. The van der Waals surface area contributed by atoms with Crippen LogP contribution in [0.2, 0.25) is 0 Å². The standard InChI is InChI=1S/C16H13ClF2N2/c1-10(17)16-20-14-8-12(18)6-7-15(14)21(16)9-11-4-2-3-5-13(11)19/h2-8,10H,9H2,1H3. The quantitative estimate of drug-likeness (QED) is 0.643. The number of aromatic nitrogens is 2. The van der Waals surface area contributed by atoms with Gasteiger partial charge in [0.05, 0.1) is 23.0 Å². The van der Waals surface area contributed by atoms with Gasteiger partial charge in [-0.1, -0.05) is 18.2 Å². The predicted molar refractivity (Wildman–Crippen MR) is 79.5 cm³/mol. The first kappa shape index (κ1) is 14.0. The van der Waals surface area contributed by atoms with Gasteiger partial charge < -0.3 is 4.57 Å². The summed E-state index contributed by atoms with van der Waals surface area (Å²) in [4.78, 5) is 4.37. The zero-order valence-electron chi connectivity index (χ0n) is 11.4. The Bertz CT molecular complexity index is 796. The van der Waals surface area contributed by atoms with Crippen molar-refractivity contribution in [1.82, 2.24) is 9.55 Å². The van der Waals surface area contributed by atoms with Crippen LogP contribution in [0.15, 0.2) is 42.5 Å². The molecule has 0 aliphatic heterocycles. The van der Waals surface area contributed by atoms with E-state index >= 15 is 0 Å². The van der Waals surface area contributed by atoms with Crippen molar-refractivity contribution in [3.63, 3.8) is 0 Å². The molecule has 0 N–H and O–H groups in total. The van der Waals surface area contributed by atoms with E-state index in [1.807, 2.05) is 4.57 Å². The maximum absolute atomic E-state index is 13.9. The minimum atomic E-state index is -0.355. The smallest absolute Gasteiger partial charge is 0.128 e. The van der Waals surface area contributed by atoms with Gasteiger partial charge in [-0.25, -0.2) is 13.8 Å². The maximum atomic E-state index is 13.9.